The van der Waals surface area contributed by atoms with Crippen molar-refractivity contribution in [3.8, 4) is 0 Å². The van der Waals surface area contributed by atoms with Gasteiger partial charge in [0, 0.05) is 30.1 Å². The minimum absolute atomic E-state index is 0.0125. The van der Waals surface area contributed by atoms with Gasteiger partial charge in [0.1, 0.15) is 5.82 Å². The predicted octanol–water partition coefficient (Wildman–Crippen LogP) is 3.74. The van der Waals surface area contributed by atoms with E-state index < -0.39 is 0 Å². The third kappa shape index (κ3) is 4.48. The first-order valence-corrected chi connectivity index (χ1v) is 9.67. The Morgan fingerprint density at radius 1 is 1.27 bits per heavy atom. The fraction of sp³-hybridized carbons (Fsp3) is 0.500. The van der Waals surface area contributed by atoms with Gasteiger partial charge in [-0.2, -0.15) is 0 Å². The first kappa shape index (κ1) is 19.0. The number of nitrogens with zero attached hydrogens (tertiary/aromatic N) is 4. The molecule has 2 heterocycles. The van der Waals surface area contributed by atoms with Crippen molar-refractivity contribution in [1.29, 1.82) is 0 Å². The lowest BCUT2D eigenvalue weighted by molar-refractivity contribution is 0.594. The maximum absolute atomic E-state index is 6.30. The fourth-order valence-electron chi connectivity index (χ4n) is 3.17. The number of aliphatic imine (C=N–C) groups is 1. The molecule has 0 spiro atoms. The Labute approximate surface area is 164 Å². The number of nitrogens with one attached hydrogen (secondary N) is 2. The van der Waals surface area contributed by atoms with Crippen LogP contribution in [0.25, 0.3) is 0 Å². The van der Waals surface area contributed by atoms with Crippen LogP contribution in [0.3, 0.4) is 0 Å². The Morgan fingerprint density at radius 2 is 2.12 bits per heavy atom. The molecule has 1 aromatic carbocycles. The summed E-state index contributed by atoms with van der Waals surface area (Å²) in [7, 11) is 1.75. The van der Waals surface area contributed by atoms with Gasteiger partial charge in [-0.15, -0.1) is 10.2 Å². The number of halogens is 2. The highest BCUT2D eigenvalue weighted by atomic mass is 35.5. The zero-order valence-electron chi connectivity index (χ0n) is 15.1. The molecule has 2 N–H and O–H groups in total. The molecule has 140 valence electrons. The molecule has 2 aromatic rings. The molecule has 8 heteroatoms. The van der Waals surface area contributed by atoms with Crippen LogP contribution >= 0.6 is 23.2 Å². The summed E-state index contributed by atoms with van der Waals surface area (Å²) in [6.07, 6.45) is 4.62. The van der Waals surface area contributed by atoms with Gasteiger partial charge in [0.25, 0.3) is 0 Å². The quantitative estimate of drug-likeness (QED) is 0.612. The molecule has 6 nitrogen and oxygen atoms in total. The van der Waals surface area contributed by atoms with Crippen molar-refractivity contribution in [2.24, 2.45) is 4.99 Å². The van der Waals surface area contributed by atoms with Gasteiger partial charge in [-0.3, -0.25) is 4.99 Å². The molecule has 0 amide bonds. The lowest BCUT2D eigenvalue weighted by Gasteiger charge is -2.19. The number of fused-ring (bicyclic) bond motifs is 1. The van der Waals surface area contributed by atoms with Gasteiger partial charge in [0.05, 0.1) is 12.6 Å². The van der Waals surface area contributed by atoms with Crippen molar-refractivity contribution < 1.29 is 0 Å². The van der Waals surface area contributed by atoms with Crippen molar-refractivity contribution in [3.63, 3.8) is 0 Å². The molecule has 0 saturated heterocycles. The van der Waals surface area contributed by atoms with Crippen molar-refractivity contribution in [1.82, 2.24) is 25.4 Å². The Hall–Kier alpha value is -1.79. The molecule has 1 atom stereocenters. The average Bonchev–Trinajstić information content (AvgIpc) is 2.85. The molecule has 0 radical (unpaired) electrons. The lowest BCUT2D eigenvalue weighted by Crippen LogP contribution is -2.38. The average molecular weight is 395 g/mol. The van der Waals surface area contributed by atoms with E-state index in [1.165, 1.54) is 19.3 Å². The highest BCUT2D eigenvalue weighted by molar-refractivity contribution is 6.35. The van der Waals surface area contributed by atoms with Gasteiger partial charge in [-0.1, -0.05) is 35.7 Å². The molecule has 1 unspecified atom stereocenters. The van der Waals surface area contributed by atoms with Crippen LogP contribution in [-0.4, -0.2) is 27.8 Å². The number of hydrogen-bond acceptors (Lipinski definition) is 3. The molecule has 0 bridgehead atoms. The Morgan fingerprint density at radius 3 is 2.88 bits per heavy atom. The van der Waals surface area contributed by atoms with E-state index >= 15 is 0 Å². The Balaban J connectivity index is 1.63. The zero-order chi connectivity index (χ0) is 18.5. The van der Waals surface area contributed by atoms with E-state index in [0.29, 0.717) is 22.5 Å². The van der Waals surface area contributed by atoms with Crippen molar-refractivity contribution in [2.75, 3.05) is 7.05 Å². The second kappa shape index (κ2) is 8.73. The molecule has 1 aliphatic heterocycles. The summed E-state index contributed by atoms with van der Waals surface area (Å²) in [6, 6.07) is 5.50. The highest BCUT2D eigenvalue weighted by Crippen LogP contribution is 2.26. The zero-order valence-corrected chi connectivity index (χ0v) is 16.6. The van der Waals surface area contributed by atoms with Crippen molar-refractivity contribution in [3.05, 3.63) is 45.5 Å². The van der Waals surface area contributed by atoms with Gasteiger partial charge in [-0.05, 0) is 37.5 Å². The predicted molar refractivity (Wildman–Crippen MR) is 106 cm³/mol. The number of rotatable bonds is 4. The van der Waals surface area contributed by atoms with Crippen LogP contribution in [0.5, 0.6) is 0 Å². The van der Waals surface area contributed by atoms with Crippen LogP contribution < -0.4 is 10.6 Å². The highest BCUT2D eigenvalue weighted by Gasteiger charge is 2.16. The molecule has 26 heavy (non-hydrogen) atoms. The summed E-state index contributed by atoms with van der Waals surface area (Å²) in [6.45, 7) is 3.60. The van der Waals surface area contributed by atoms with Gasteiger partial charge < -0.3 is 15.2 Å². The summed E-state index contributed by atoms with van der Waals surface area (Å²) in [4.78, 5) is 4.30. The maximum Gasteiger partial charge on any atom is 0.191 e. The SMILES string of the molecule is CN=C(NCc1nnc2n1CCCCC2)NC(C)c1ccc(Cl)cc1Cl. The van der Waals surface area contributed by atoms with Crippen LogP contribution in [0.1, 0.15) is 49.4 Å². The second-order valence-electron chi connectivity index (χ2n) is 6.45. The summed E-state index contributed by atoms with van der Waals surface area (Å²) in [5.74, 6) is 2.72. The first-order chi connectivity index (χ1) is 12.6. The minimum Gasteiger partial charge on any atom is -0.350 e. The smallest absolute Gasteiger partial charge is 0.191 e. The number of guanidine groups is 1. The van der Waals surface area contributed by atoms with Crippen LogP contribution in [0.15, 0.2) is 23.2 Å². The van der Waals surface area contributed by atoms with Crippen LogP contribution in [-0.2, 0) is 19.5 Å². The van der Waals surface area contributed by atoms with Gasteiger partial charge in [-0.25, -0.2) is 0 Å². The van der Waals surface area contributed by atoms with E-state index in [1.807, 2.05) is 19.1 Å². The minimum atomic E-state index is -0.0125. The molecule has 0 fully saturated rings. The Kier molecular flexibility index (Phi) is 6.38. The number of hydrogen-bond donors (Lipinski definition) is 2. The lowest BCUT2D eigenvalue weighted by atomic mass is 10.1. The summed E-state index contributed by atoms with van der Waals surface area (Å²) >= 11 is 12.3. The fourth-order valence-corrected chi connectivity index (χ4v) is 3.74. The molecule has 3 rings (SSSR count). The van der Waals surface area contributed by atoms with Gasteiger partial charge in [0.15, 0.2) is 11.8 Å². The topological polar surface area (TPSA) is 67.1 Å². The van der Waals surface area contributed by atoms with E-state index in [-0.39, 0.29) is 6.04 Å². The van der Waals surface area contributed by atoms with Gasteiger partial charge in [0.2, 0.25) is 0 Å². The van der Waals surface area contributed by atoms with E-state index in [0.717, 1.165) is 30.2 Å². The number of benzene rings is 1. The third-order valence-corrected chi connectivity index (χ3v) is 5.17. The molecule has 0 aliphatic carbocycles. The summed E-state index contributed by atoms with van der Waals surface area (Å²) in [5.41, 5.74) is 0.968. The summed E-state index contributed by atoms with van der Waals surface area (Å²) in [5, 5.41) is 16.6. The maximum atomic E-state index is 6.30. The molecule has 0 saturated carbocycles. The number of aromatic nitrogens is 3. The second-order valence-corrected chi connectivity index (χ2v) is 7.30. The summed E-state index contributed by atoms with van der Waals surface area (Å²) < 4.78 is 2.23. The monoisotopic (exact) mass is 394 g/mol. The van der Waals surface area contributed by atoms with E-state index in [4.69, 9.17) is 23.2 Å². The molecular formula is C18H24Cl2N6. The largest absolute Gasteiger partial charge is 0.350 e. The van der Waals surface area contributed by atoms with Crippen molar-refractivity contribution in [2.45, 2.75) is 51.7 Å². The Bertz CT molecular complexity index is 786. The van der Waals surface area contributed by atoms with Gasteiger partial charge >= 0.3 is 0 Å². The normalized spacial score (nSPS) is 15.9. The number of aryl methyl sites for hydroxylation is 1. The van der Waals surface area contributed by atoms with Crippen LogP contribution in [0.4, 0.5) is 0 Å². The third-order valence-electron chi connectivity index (χ3n) is 4.61. The molecule has 1 aliphatic rings. The molecule has 1 aromatic heterocycles. The first-order valence-electron chi connectivity index (χ1n) is 8.91. The van der Waals surface area contributed by atoms with Crippen molar-refractivity contribution >= 4 is 29.2 Å². The van der Waals surface area contributed by atoms with E-state index in [1.54, 1.807) is 13.1 Å². The standard InChI is InChI=1S/C18H24Cl2N6/c1-12(14-8-7-13(19)10-15(14)20)23-18(21-2)22-11-17-25-24-16-6-4-3-5-9-26(16)17/h7-8,10,12H,3-6,9,11H2,1-2H3,(H2,21,22,23). The van der Waals surface area contributed by atoms with E-state index in [2.05, 4.69) is 30.4 Å². The molecular weight excluding hydrogens is 371 g/mol. The van der Waals surface area contributed by atoms with Crippen LogP contribution in [0, 0.1) is 0 Å². The van der Waals surface area contributed by atoms with Crippen LogP contribution in [0.2, 0.25) is 10.0 Å². The van der Waals surface area contributed by atoms with E-state index in [9.17, 15) is 0 Å².